The van der Waals surface area contributed by atoms with Crippen LogP contribution in [0.25, 0.3) is 5.69 Å². The van der Waals surface area contributed by atoms with Gasteiger partial charge in [-0.2, -0.15) is 5.10 Å². The third-order valence-electron chi connectivity index (χ3n) is 4.15. The molecule has 0 atom stereocenters. The molecule has 0 unspecified atom stereocenters. The van der Waals surface area contributed by atoms with Crippen LogP contribution in [0.2, 0.25) is 5.02 Å². The third kappa shape index (κ3) is 4.52. The van der Waals surface area contributed by atoms with Crippen LogP contribution in [0, 0.1) is 21.0 Å². The molecule has 2 aromatic carbocycles. The first-order valence-corrected chi connectivity index (χ1v) is 10.8. The summed E-state index contributed by atoms with van der Waals surface area (Å²) in [6.07, 6.45) is 1.41. The van der Waals surface area contributed by atoms with Gasteiger partial charge in [0.25, 0.3) is 5.91 Å². The zero-order valence-electron chi connectivity index (χ0n) is 15.0. The second-order valence-electron chi connectivity index (χ2n) is 6.14. The maximum atomic E-state index is 12.4. The van der Waals surface area contributed by atoms with Crippen molar-refractivity contribution in [2.24, 2.45) is 5.10 Å². The Kier molecular flexibility index (Phi) is 6.66. The molecule has 144 valence electrons. The molecule has 0 saturated carbocycles. The van der Waals surface area contributed by atoms with E-state index in [1.807, 2.05) is 60.7 Å². The Morgan fingerprint density at radius 1 is 1.14 bits per heavy atom. The molecule has 0 fully saturated rings. The van der Waals surface area contributed by atoms with Crippen molar-refractivity contribution >= 4 is 68.9 Å². The van der Waals surface area contributed by atoms with E-state index in [9.17, 15) is 9.90 Å². The summed E-state index contributed by atoms with van der Waals surface area (Å²) in [4.78, 5) is 12.4. The molecule has 5 nitrogen and oxygen atoms in total. The Labute approximate surface area is 195 Å². The minimum absolute atomic E-state index is 0.124. The fourth-order valence-corrected chi connectivity index (χ4v) is 4.96. The average molecular weight is 620 g/mol. The smallest absolute Gasteiger partial charge is 0.272 e. The number of carbonyl (C=O) groups is 1. The molecule has 0 bridgehead atoms. The number of aromatic hydroxyl groups is 1. The lowest BCUT2D eigenvalue weighted by atomic mass is 10.2. The predicted molar refractivity (Wildman–Crippen MR) is 129 cm³/mol. The van der Waals surface area contributed by atoms with Gasteiger partial charge in [-0.15, -0.1) is 0 Å². The molecule has 3 rings (SSSR count). The number of aromatic nitrogens is 1. The lowest BCUT2D eigenvalue weighted by molar-refractivity contribution is 0.0955. The van der Waals surface area contributed by atoms with Crippen LogP contribution in [0.15, 0.2) is 47.6 Å². The molecule has 0 aliphatic carbocycles. The first kappa shape index (κ1) is 21.1. The SMILES string of the molecule is Cc1ccc(C)n1-c1ccc(C(=O)N/N=C\c2cc(I)cc(I)c2O)c(Cl)c1. The van der Waals surface area contributed by atoms with Crippen molar-refractivity contribution in [3.8, 4) is 11.4 Å². The Morgan fingerprint density at radius 2 is 1.82 bits per heavy atom. The van der Waals surface area contributed by atoms with Gasteiger partial charge >= 0.3 is 0 Å². The van der Waals surface area contributed by atoms with E-state index in [-0.39, 0.29) is 5.75 Å². The minimum atomic E-state index is -0.423. The highest BCUT2D eigenvalue weighted by Gasteiger charge is 2.13. The second-order valence-corrected chi connectivity index (χ2v) is 8.96. The Morgan fingerprint density at radius 3 is 2.46 bits per heavy atom. The van der Waals surface area contributed by atoms with Crippen LogP contribution in [0.1, 0.15) is 27.3 Å². The van der Waals surface area contributed by atoms with Crippen LogP contribution in [0.4, 0.5) is 0 Å². The van der Waals surface area contributed by atoms with Crippen molar-refractivity contribution in [1.29, 1.82) is 0 Å². The van der Waals surface area contributed by atoms with Crippen LogP contribution in [0.3, 0.4) is 0 Å². The van der Waals surface area contributed by atoms with E-state index in [1.54, 1.807) is 18.2 Å². The fourth-order valence-electron chi connectivity index (χ4n) is 2.81. The van der Waals surface area contributed by atoms with Crippen molar-refractivity contribution < 1.29 is 9.90 Å². The quantitative estimate of drug-likeness (QED) is 0.233. The van der Waals surface area contributed by atoms with Gasteiger partial charge in [0.1, 0.15) is 5.75 Å². The van der Waals surface area contributed by atoms with E-state index >= 15 is 0 Å². The number of nitrogens with one attached hydrogen (secondary N) is 1. The molecule has 3 aromatic rings. The zero-order chi connectivity index (χ0) is 20.4. The molecule has 0 spiro atoms. The number of carbonyl (C=O) groups excluding carboxylic acids is 1. The number of phenols is 1. The molecule has 0 radical (unpaired) electrons. The minimum Gasteiger partial charge on any atom is -0.506 e. The number of phenolic OH excluding ortho intramolecular Hbond substituents is 1. The Hall–Kier alpha value is -1.59. The molecule has 0 saturated heterocycles. The molecule has 2 N–H and O–H groups in total. The summed E-state index contributed by atoms with van der Waals surface area (Å²) in [7, 11) is 0. The van der Waals surface area contributed by atoms with Crippen LogP contribution >= 0.6 is 56.8 Å². The number of hydrogen-bond acceptors (Lipinski definition) is 3. The van der Waals surface area contributed by atoms with Gasteiger partial charge in [-0.1, -0.05) is 11.6 Å². The van der Waals surface area contributed by atoms with Crippen LogP contribution in [0.5, 0.6) is 5.75 Å². The molecular weight excluding hydrogens is 603 g/mol. The number of hydrazone groups is 1. The van der Waals surface area contributed by atoms with Gasteiger partial charge in [0.05, 0.1) is 20.4 Å². The van der Waals surface area contributed by atoms with Crippen LogP contribution in [-0.4, -0.2) is 21.8 Å². The predicted octanol–water partition coefficient (Wildman–Crippen LogP) is 5.43. The number of hydrogen-bond donors (Lipinski definition) is 2. The Bertz CT molecular complexity index is 1070. The summed E-state index contributed by atoms with van der Waals surface area (Å²) in [6, 6.07) is 13.0. The summed E-state index contributed by atoms with van der Waals surface area (Å²) in [6.45, 7) is 4.02. The van der Waals surface area contributed by atoms with E-state index in [0.29, 0.717) is 19.7 Å². The van der Waals surface area contributed by atoms with E-state index < -0.39 is 5.91 Å². The number of aryl methyl sites for hydroxylation is 2. The van der Waals surface area contributed by atoms with Gasteiger partial charge in [-0.3, -0.25) is 4.79 Å². The number of benzene rings is 2. The number of rotatable bonds is 4. The first-order valence-electron chi connectivity index (χ1n) is 8.24. The van der Waals surface area contributed by atoms with Crippen LogP contribution < -0.4 is 5.43 Å². The monoisotopic (exact) mass is 619 g/mol. The Balaban J connectivity index is 1.78. The van der Waals surface area contributed by atoms with Crippen molar-refractivity contribution in [2.75, 3.05) is 0 Å². The van der Waals surface area contributed by atoms with E-state index in [0.717, 1.165) is 20.6 Å². The summed E-state index contributed by atoms with van der Waals surface area (Å²) in [5, 5.41) is 14.4. The molecule has 1 amide bonds. The normalized spacial score (nSPS) is 11.2. The maximum absolute atomic E-state index is 12.4. The molecule has 1 heterocycles. The maximum Gasteiger partial charge on any atom is 0.272 e. The van der Waals surface area contributed by atoms with Crippen molar-refractivity contribution in [3.63, 3.8) is 0 Å². The second kappa shape index (κ2) is 8.83. The zero-order valence-corrected chi connectivity index (χ0v) is 20.1. The highest BCUT2D eigenvalue weighted by atomic mass is 127. The summed E-state index contributed by atoms with van der Waals surface area (Å²) < 4.78 is 3.74. The third-order valence-corrected chi connectivity index (χ3v) is 5.91. The highest BCUT2D eigenvalue weighted by Crippen LogP contribution is 2.26. The van der Waals surface area contributed by atoms with Gasteiger partial charge in [0.15, 0.2) is 0 Å². The van der Waals surface area contributed by atoms with Crippen LogP contribution in [-0.2, 0) is 0 Å². The molecule has 1 aromatic heterocycles. The first-order chi connectivity index (χ1) is 13.3. The molecule has 0 aliphatic heterocycles. The van der Waals surface area contributed by atoms with Crippen molar-refractivity contribution in [3.05, 3.63) is 77.1 Å². The summed E-state index contributed by atoms with van der Waals surface area (Å²) in [5.41, 5.74) is 6.37. The average Bonchev–Trinajstić information content (AvgIpc) is 2.97. The van der Waals surface area contributed by atoms with E-state index in [1.165, 1.54) is 6.21 Å². The molecule has 28 heavy (non-hydrogen) atoms. The largest absolute Gasteiger partial charge is 0.506 e. The lowest BCUT2D eigenvalue weighted by Crippen LogP contribution is -2.18. The van der Waals surface area contributed by atoms with Gasteiger partial charge in [-0.05, 0) is 101 Å². The van der Waals surface area contributed by atoms with Crippen molar-refractivity contribution in [2.45, 2.75) is 13.8 Å². The number of amides is 1. The van der Waals surface area contributed by atoms with Gasteiger partial charge < -0.3 is 9.67 Å². The van der Waals surface area contributed by atoms with Crippen molar-refractivity contribution in [1.82, 2.24) is 9.99 Å². The molecular formula is C20H16ClI2N3O2. The number of halogens is 3. The number of nitrogens with zero attached hydrogens (tertiary/aromatic N) is 2. The van der Waals surface area contributed by atoms with Gasteiger partial charge in [-0.25, -0.2) is 5.43 Å². The van der Waals surface area contributed by atoms with E-state index in [2.05, 4.69) is 37.7 Å². The topological polar surface area (TPSA) is 66.6 Å². The molecule has 8 heteroatoms. The molecule has 0 aliphatic rings. The van der Waals surface area contributed by atoms with E-state index in [4.69, 9.17) is 11.6 Å². The van der Waals surface area contributed by atoms with Gasteiger partial charge in [0, 0.05) is 26.2 Å². The lowest BCUT2D eigenvalue weighted by Gasteiger charge is -2.11. The standard InChI is InChI=1S/C20H16ClI2N3O2/c1-11-3-4-12(2)26(11)15-5-6-16(17(21)9-15)20(28)25-24-10-13-7-14(22)8-18(23)19(13)27/h3-10,27H,1-2H3,(H,25,28)/b24-10-. The van der Waals surface area contributed by atoms with Gasteiger partial charge in [0.2, 0.25) is 0 Å². The summed E-state index contributed by atoms with van der Waals surface area (Å²) in [5.74, 6) is -0.299. The summed E-state index contributed by atoms with van der Waals surface area (Å²) >= 11 is 10.5. The fraction of sp³-hybridized carbons (Fsp3) is 0.100. The highest BCUT2D eigenvalue weighted by molar-refractivity contribution is 14.1.